The summed E-state index contributed by atoms with van der Waals surface area (Å²) in [5.41, 5.74) is -4.66. The third kappa shape index (κ3) is 4.93. The van der Waals surface area contributed by atoms with Gasteiger partial charge >= 0.3 is 5.51 Å². The Balaban J connectivity index is 2.72. The highest BCUT2D eigenvalue weighted by atomic mass is 32.2. The molecular formula is C10H10F4N2O2S. The summed E-state index contributed by atoms with van der Waals surface area (Å²) in [6.45, 7) is 1.30. The van der Waals surface area contributed by atoms with Crippen molar-refractivity contribution in [2.75, 3.05) is 17.6 Å². The zero-order valence-electron chi connectivity index (χ0n) is 9.75. The van der Waals surface area contributed by atoms with E-state index in [1.54, 1.807) is 0 Å². The minimum atomic E-state index is -4.34. The van der Waals surface area contributed by atoms with Crippen LogP contribution in [-0.2, 0) is 0 Å². The summed E-state index contributed by atoms with van der Waals surface area (Å²) in [4.78, 5) is 9.90. The lowest BCUT2D eigenvalue weighted by molar-refractivity contribution is -0.384. The van der Waals surface area contributed by atoms with Gasteiger partial charge in [-0.1, -0.05) is 0 Å². The number of nitro benzene ring substituents is 1. The molecule has 1 aromatic carbocycles. The van der Waals surface area contributed by atoms with Crippen molar-refractivity contribution < 1.29 is 22.5 Å². The summed E-state index contributed by atoms with van der Waals surface area (Å²) in [5, 5.41) is 13.2. The van der Waals surface area contributed by atoms with Crippen LogP contribution in [0.15, 0.2) is 12.1 Å². The molecular weight excluding hydrogens is 288 g/mol. The van der Waals surface area contributed by atoms with Crippen LogP contribution in [-0.4, -0.2) is 22.7 Å². The first-order chi connectivity index (χ1) is 8.70. The van der Waals surface area contributed by atoms with Crippen molar-refractivity contribution in [3.05, 3.63) is 33.6 Å². The second-order valence-corrected chi connectivity index (χ2v) is 4.76. The molecule has 0 spiro atoms. The number of hydrogen-bond donors (Lipinski definition) is 1. The summed E-state index contributed by atoms with van der Waals surface area (Å²) in [6, 6.07) is 1.94. The lowest BCUT2D eigenvalue weighted by Crippen LogP contribution is -2.11. The molecule has 19 heavy (non-hydrogen) atoms. The summed E-state index contributed by atoms with van der Waals surface area (Å²) in [6.07, 6.45) is 0. The fraction of sp³-hybridized carbons (Fsp3) is 0.400. The monoisotopic (exact) mass is 298 g/mol. The molecule has 106 valence electrons. The third-order valence-electron chi connectivity index (χ3n) is 2.16. The van der Waals surface area contributed by atoms with Crippen LogP contribution in [0.2, 0.25) is 0 Å². The normalized spacial score (nSPS) is 11.4. The Hall–Kier alpha value is -1.51. The first kappa shape index (κ1) is 15.5. The first-order valence-electron chi connectivity index (χ1n) is 5.10. The number of halogens is 4. The Labute approximate surface area is 110 Å². The molecule has 4 nitrogen and oxygen atoms in total. The molecule has 0 aliphatic heterocycles. The zero-order chi connectivity index (χ0) is 14.6. The van der Waals surface area contributed by atoms with Gasteiger partial charge in [0.2, 0.25) is 0 Å². The van der Waals surface area contributed by atoms with Gasteiger partial charge in [-0.15, -0.1) is 0 Å². The molecule has 0 radical (unpaired) electrons. The Morgan fingerprint density at radius 1 is 1.42 bits per heavy atom. The van der Waals surface area contributed by atoms with Gasteiger partial charge in [-0.3, -0.25) is 10.1 Å². The molecule has 1 aromatic rings. The zero-order valence-corrected chi connectivity index (χ0v) is 10.6. The highest BCUT2D eigenvalue weighted by Gasteiger charge is 2.27. The standard InChI is InChI=1S/C10H10F4N2O2S/c1-6-4-8(9(16(17)18)5-7(6)11)15-2-3-19-10(12,13)14/h4-5,15H,2-3H2,1H3. The van der Waals surface area contributed by atoms with E-state index in [2.05, 4.69) is 5.32 Å². The minimum Gasteiger partial charge on any atom is -0.379 e. The van der Waals surface area contributed by atoms with E-state index in [1.165, 1.54) is 13.0 Å². The third-order valence-corrected chi connectivity index (χ3v) is 2.89. The van der Waals surface area contributed by atoms with Crippen LogP contribution < -0.4 is 5.32 Å². The number of thioether (sulfide) groups is 1. The second kappa shape index (κ2) is 6.09. The molecule has 0 unspecified atom stereocenters. The molecule has 0 amide bonds. The molecule has 0 saturated carbocycles. The van der Waals surface area contributed by atoms with Crippen molar-refractivity contribution in [1.29, 1.82) is 0 Å². The van der Waals surface area contributed by atoms with E-state index in [0.29, 0.717) is 0 Å². The van der Waals surface area contributed by atoms with Crippen molar-refractivity contribution in [2.45, 2.75) is 12.4 Å². The van der Waals surface area contributed by atoms with Crippen LogP contribution in [0.5, 0.6) is 0 Å². The first-order valence-corrected chi connectivity index (χ1v) is 6.08. The fourth-order valence-corrected chi connectivity index (χ4v) is 1.75. The molecule has 0 atom stereocenters. The smallest absolute Gasteiger partial charge is 0.379 e. The van der Waals surface area contributed by atoms with Crippen molar-refractivity contribution in [1.82, 2.24) is 0 Å². The number of nitrogens with one attached hydrogen (secondary N) is 1. The molecule has 1 N–H and O–H groups in total. The fourth-order valence-electron chi connectivity index (χ4n) is 1.32. The van der Waals surface area contributed by atoms with Gasteiger partial charge in [0.1, 0.15) is 11.5 Å². The summed E-state index contributed by atoms with van der Waals surface area (Å²) >= 11 is -0.232. The predicted octanol–water partition coefficient (Wildman–Crippen LogP) is 3.71. The topological polar surface area (TPSA) is 55.2 Å². The summed E-state index contributed by atoms with van der Waals surface area (Å²) in [7, 11) is 0. The number of alkyl halides is 3. The van der Waals surface area contributed by atoms with Gasteiger partial charge in [-0.2, -0.15) is 13.2 Å². The van der Waals surface area contributed by atoms with Gasteiger partial charge in [-0.05, 0) is 30.3 Å². The average molecular weight is 298 g/mol. The summed E-state index contributed by atoms with van der Waals surface area (Å²) in [5.74, 6) is -1.03. The molecule has 0 aromatic heterocycles. The molecule has 1 rings (SSSR count). The molecule has 0 saturated heterocycles. The molecule has 9 heteroatoms. The van der Waals surface area contributed by atoms with Crippen LogP contribution in [0.25, 0.3) is 0 Å². The van der Waals surface area contributed by atoms with Gasteiger partial charge in [0.25, 0.3) is 5.69 Å². The van der Waals surface area contributed by atoms with Crippen molar-refractivity contribution in [2.24, 2.45) is 0 Å². The highest BCUT2D eigenvalue weighted by molar-refractivity contribution is 8.00. The van der Waals surface area contributed by atoms with E-state index in [4.69, 9.17) is 0 Å². The highest BCUT2D eigenvalue weighted by Crippen LogP contribution is 2.31. The Kier molecular flexibility index (Phi) is 4.98. The van der Waals surface area contributed by atoms with Crippen molar-refractivity contribution in [3.8, 4) is 0 Å². The van der Waals surface area contributed by atoms with E-state index in [1.807, 2.05) is 0 Å². The largest absolute Gasteiger partial charge is 0.441 e. The van der Waals surface area contributed by atoms with Gasteiger partial charge in [0.15, 0.2) is 0 Å². The van der Waals surface area contributed by atoms with E-state index in [-0.39, 0.29) is 35.3 Å². The van der Waals surface area contributed by atoms with Crippen LogP contribution in [0.1, 0.15) is 5.56 Å². The Morgan fingerprint density at radius 3 is 2.58 bits per heavy atom. The average Bonchev–Trinajstić information content (AvgIpc) is 2.27. The van der Waals surface area contributed by atoms with Gasteiger partial charge in [0, 0.05) is 12.3 Å². The molecule has 0 aliphatic carbocycles. The maximum Gasteiger partial charge on any atom is 0.441 e. The second-order valence-electron chi connectivity index (χ2n) is 3.60. The lowest BCUT2D eigenvalue weighted by atomic mass is 10.2. The Bertz CT molecular complexity index is 479. The molecule has 0 fully saturated rings. The molecule has 0 heterocycles. The predicted molar refractivity (Wildman–Crippen MR) is 64.8 cm³/mol. The molecule has 0 aliphatic rings. The number of benzene rings is 1. The number of rotatable bonds is 5. The van der Waals surface area contributed by atoms with E-state index >= 15 is 0 Å². The Morgan fingerprint density at radius 2 is 2.05 bits per heavy atom. The SMILES string of the molecule is Cc1cc(NCCSC(F)(F)F)c([N+](=O)[O-])cc1F. The van der Waals surface area contributed by atoms with Crippen molar-refractivity contribution >= 4 is 23.1 Å². The van der Waals surface area contributed by atoms with Crippen molar-refractivity contribution in [3.63, 3.8) is 0 Å². The number of aryl methyl sites for hydroxylation is 1. The van der Waals surface area contributed by atoms with E-state index in [9.17, 15) is 27.7 Å². The number of nitrogens with zero attached hydrogens (tertiary/aromatic N) is 1. The molecule has 0 bridgehead atoms. The lowest BCUT2D eigenvalue weighted by Gasteiger charge is -2.09. The number of hydrogen-bond acceptors (Lipinski definition) is 4. The maximum atomic E-state index is 13.2. The summed E-state index contributed by atoms with van der Waals surface area (Å²) < 4.78 is 48.8. The van der Waals surface area contributed by atoms with Crippen LogP contribution in [0.4, 0.5) is 28.9 Å². The van der Waals surface area contributed by atoms with Gasteiger partial charge in [0.05, 0.1) is 11.0 Å². The van der Waals surface area contributed by atoms with Crippen LogP contribution in [0, 0.1) is 22.9 Å². The van der Waals surface area contributed by atoms with Gasteiger partial charge < -0.3 is 5.32 Å². The van der Waals surface area contributed by atoms with Crippen LogP contribution in [0.3, 0.4) is 0 Å². The van der Waals surface area contributed by atoms with E-state index < -0.39 is 21.9 Å². The van der Waals surface area contributed by atoms with Crippen LogP contribution >= 0.6 is 11.8 Å². The van der Waals surface area contributed by atoms with Gasteiger partial charge in [-0.25, -0.2) is 4.39 Å². The number of nitro groups is 1. The van der Waals surface area contributed by atoms with E-state index in [0.717, 1.165) is 6.07 Å². The maximum absolute atomic E-state index is 13.2. The number of anilines is 1. The quantitative estimate of drug-likeness (QED) is 0.390. The minimum absolute atomic E-state index is 0.00618.